The molecule has 1 aromatic rings. The first-order chi connectivity index (χ1) is 16.5. The summed E-state index contributed by atoms with van der Waals surface area (Å²) >= 11 is 0. The molecule has 34 heavy (non-hydrogen) atoms. The van der Waals surface area contributed by atoms with E-state index in [0.717, 1.165) is 38.8 Å². The fourth-order valence-electron chi connectivity index (χ4n) is 5.15. The van der Waals surface area contributed by atoms with Crippen LogP contribution in [0.3, 0.4) is 0 Å². The number of aromatic nitrogens is 2. The topological polar surface area (TPSA) is 128 Å². The lowest BCUT2D eigenvalue weighted by Gasteiger charge is -2.30. The van der Waals surface area contributed by atoms with Gasteiger partial charge in [-0.3, -0.25) is 24.6 Å². The molecule has 3 fully saturated rings. The Kier molecular flexibility index (Phi) is 8.41. The summed E-state index contributed by atoms with van der Waals surface area (Å²) in [6, 6.07) is -0.596. The molecular formula is C23H34N6O5. The SMILES string of the molecule is O=CN(O)C[C@@H](CC1CCCC1)C(=O)N1NCC[C@H]1C(=O)Cc1cnc(N2CCOCC2)nc1. The lowest BCUT2D eigenvalue weighted by molar-refractivity contribution is -0.159. The van der Waals surface area contributed by atoms with Gasteiger partial charge in [0.15, 0.2) is 5.78 Å². The molecule has 2 saturated heterocycles. The molecule has 1 aromatic heterocycles. The van der Waals surface area contributed by atoms with Crippen molar-refractivity contribution in [2.45, 2.75) is 51.0 Å². The van der Waals surface area contributed by atoms with E-state index in [4.69, 9.17) is 4.74 Å². The van der Waals surface area contributed by atoms with E-state index >= 15 is 0 Å². The molecule has 11 nitrogen and oxygen atoms in total. The molecule has 0 radical (unpaired) electrons. The lowest BCUT2D eigenvalue weighted by atomic mass is 9.91. The van der Waals surface area contributed by atoms with E-state index in [0.29, 0.717) is 61.5 Å². The van der Waals surface area contributed by atoms with E-state index in [-0.39, 0.29) is 24.7 Å². The average molecular weight is 475 g/mol. The van der Waals surface area contributed by atoms with Crippen LogP contribution in [0.4, 0.5) is 5.95 Å². The lowest BCUT2D eigenvalue weighted by Crippen LogP contribution is -2.50. The van der Waals surface area contributed by atoms with E-state index in [9.17, 15) is 19.6 Å². The van der Waals surface area contributed by atoms with Crippen LogP contribution in [0.15, 0.2) is 12.4 Å². The smallest absolute Gasteiger partial charge is 0.242 e. The second kappa shape index (κ2) is 11.7. The van der Waals surface area contributed by atoms with E-state index in [1.165, 1.54) is 5.01 Å². The Morgan fingerprint density at radius 3 is 2.59 bits per heavy atom. The third-order valence-corrected chi connectivity index (χ3v) is 6.96. The summed E-state index contributed by atoms with van der Waals surface area (Å²) in [5.74, 6) is 0.125. The second-order valence-electron chi connectivity index (χ2n) is 9.37. The molecule has 2 aliphatic heterocycles. The highest BCUT2D eigenvalue weighted by Crippen LogP contribution is 2.31. The normalized spacial score (nSPS) is 22.1. The number of Topliss-reactive ketones (excluding diaryl/α,β-unsaturated/α-hetero) is 1. The molecule has 186 valence electrons. The Balaban J connectivity index is 1.38. The summed E-state index contributed by atoms with van der Waals surface area (Å²) in [7, 11) is 0. The van der Waals surface area contributed by atoms with E-state index < -0.39 is 12.0 Å². The van der Waals surface area contributed by atoms with E-state index in [1.807, 2.05) is 4.90 Å². The zero-order valence-electron chi connectivity index (χ0n) is 19.5. The van der Waals surface area contributed by atoms with Gasteiger partial charge in [0.25, 0.3) is 0 Å². The molecule has 1 saturated carbocycles. The summed E-state index contributed by atoms with van der Waals surface area (Å²) in [6.07, 6.45) is 9.27. The van der Waals surface area contributed by atoms with Crippen LogP contribution in [0.25, 0.3) is 0 Å². The van der Waals surface area contributed by atoms with Crippen molar-refractivity contribution in [3.63, 3.8) is 0 Å². The minimum atomic E-state index is -0.596. The molecule has 2 amide bonds. The maximum atomic E-state index is 13.4. The molecule has 4 rings (SSSR count). The van der Waals surface area contributed by atoms with Crippen LogP contribution in [-0.2, 0) is 25.5 Å². The summed E-state index contributed by atoms with van der Waals surface area (Å²) in [5.41, 5.74) is 3.75. The predicted molar refractivity (Wildman–Crippen MR) is 122 cm³/mol. The van der Waals surface area contributed by atoms with Crippen LogP contribution < -0.4 is 10.3 Å². The van der Waals surface area contributed by atoms with Crippen molar-refractivity contribution >= 4 is 24.0 Å². The standard InChI is InChI=1S/C23H34N6O5/c30-16-28(33)15-19(11-17-3-1-2-4-17)22(32)29-20(5-6-26-29)21(31)12-18-13-24-23(25-14-18)27-7-9-34-10-8-27/h13-14,16-17,19-20,26,33H,1-12,15H2/t19-,20+/m1/s1. The van der Waals surface area contributed by atoms with Crippen LogP contribution in [0, 0.1) is 11.8 Å². The molecule has 0 bridgehead atoms. The van der Waals surface area contributed by atoms with E-state index in [2.05, 4.69) is 15.4 Å². The quantitative estimate of drug-likeness (QED) is 0.284. The van der Waals surface area contributed by atoms with Gasteiger partial charge in [0, 0.05) is 38.4 Å². The molecule has 2 atom stereocenters. The largest absolute Gasteiger partial charge is 0.378 e. The van der Waals surface area contributed by atoms with E-state index in [1.54, 1.807) is 12.4 Å². The highest BCUT2D eigenvalue weighted by atomic mass is 16.5. The minimum Gasteiger partial charge on any atom is -0.378 e. The number of hydrazine groups is 1. The molecule has 11 heteroatoms. The molecule has 0 spiro atoms. The maximum Gasteiger partial charge on any atom is 0.242 e. The highest BCUT2D eigenvalue weighted by molar-refractivity contribution is 5.91. The summed E-state index contributed by atoms with van der Waals surface area (Å²) < 4.78 is 5.35. The fourth-order valence-corrected chi connectivity index (χ4v) is 5.15. The highest BCUT2D eigenvalue weighted by Gasteiger charge is 2.38. The Labute approximate surface area is 199 Å². The number of amides is 2. The first-order valence-corrected chi connectivity index (χ1v) is 12.2. The summed E-state index contributed by atoms with van der Waals surface area (Å²) in [4.78, 5) is 48.4. The Morgan fingerprint density at radius 2 is 1.91 bits per heavy atom. The zero-order valence-corrected chi connectivity index (χ0v) is 19.5. The number of hydrogen-bond donors (Lipinski definition) is 2. The third-order valence-electron chi connectivity index (χ3n) is 6.96. The fraction of sp³-hybridized carbons (Fsp3) is 0.696. The van der Waals surface area contributed by atoms with Gasteiger partial charge in [-0.15, -0.1) is 0 Å². The van der Waals surface area contributed by atoms with Gasteiger partial charge < -0.3 is 9.64 Å². The van der Waals surface area contributed by atoms with Gasteiger partial charge in [-0.1, -0.05) is 25.7 Å². The van der Waals surface area contributed by atoms with Crippen molar-refractivity contribution in [3.8, 4) is 0 Å². The van der Waals surface area contributed by atoms with Gasteiger partial charge in [0.1, 0.15) is 6.04 Å². The van der Waals surface area contributed by atoms with Crippen molar-refractivity contribution in [3.05, 3.63) is 18.0 Å². The van der Waals surface area contributed by atoms with Crippen LogP contribution in [0.5, 0.6) is 0 Å². The van der Waals surface area contributed by atoms with Crippen molar-refractivity contribution in [1.82, 2.24) is 25.5 Å². The second-order valence-corrected chi connectivity index (χ2v) is 9.37. The summed E-state index contributed by atoms with van der Waals surface area (Å²) in [5, 5.41) is 11.7. The van der Waals surface area contributed by atoms with Crippen molar-refractivity contribution < 1.29 is 24.3 Å². The Hall–Kier alpha value is -2.63. The van der Waals surface area contributed by atoms with Gasteiger partial charge in [-0.2, -0.15) is 0 Å². The predicted octanol–water partition coefficient (Wildman–Crippen LogP) is 0.574. The Bertz CT molecular complexity index is 841. The van der Waals surface area contributed by atoms with Gasteiger partial charge in [0.2, 0.25) is 18.3 Å². The Morgan fingerprint density at radius 1 is 1.21 bits per heavy atom. The van der Waals surface area contributed by atoms with Gasteiger partial charge in [-0.05, 0) is 24.3 Å². The maximum absolute atomic E-state index is 13.4. The number of ketones is 1. The van der Waals surface area contributed by atoms with Crippen LogP contribution in [-0.4, -0.2) is 88.8 Å². The molecule has 0 unspecified atom stereocenters. The minimum absolute atomic E-state index is 0.0746. The van der Waals surface area contributed by atoms with Crippen molar-refractivity contribution in [1.29, 1.82) is 0 Å². The number of carbonyl (C=O) groups is 3. The van der Waals surface area contributed by atoms with Crippen molar-refractivity contribution in [2.24, 2.45) is 11.8 Å². The number of rotatable bonds is 10. The van der Waals surface area contributed by atoms with Gasteiger partial charge in [-0.25, -0.2) is 20.5 Å². The average Bonchev–Trinajstić information content (AvgIpc) is 3.56. The van der Waals surface area contributed by atoms with Crippen molar-refractivity contribution in [2.75, 3.05) is 44.3 Å². The number of nitrogens with one attached hydrogen (secondary N) is 1. The number of hydrogen-bond acceptors (Lipinski definition) is 9. The van der Waals surface area contributed by atoms with Crippen LogP contribution in [0.2, 0.25) is 0 Å². The zero-order chi connectivity index (χ0) is 23.9. The number of anilines is 1. The molecule has 3 heterocycles. The molecule has 3 aliphatic rings. The van der Waals surface area contributed by atoms with Gasteiger partial charge in [0.05, 0.1) is 25.7 Å². The number of morpholine rings is 1. The third kappa shape index (κ3) is 6.08. The summed E-state index contributed by atoms with van der Waals surface area (Å²) in [6.45, 7) is 3.20. The first-order valence-electron chi connectivity index (χ1n) is 12.2. The molecular weight excluding hydrogens is 440 g/mol. The monoisotopic (exact) mass is 474 g/mol. The van der Waals surface area contributed by atoms with Crippen LogP contribution >= 0.6 is 0 Å². The molecule has 0 aromatic carbocycles. The number of nitrogens with zero attached hydrogens (tertiary/aromatic N) is 5. The molecule has 1 aliphatic carbocycles. The van der Waals surface area contributed by atoms with Crippen LogP contribution in [0.1, 0.15) is 44.1 Å². The first kappa shape index (κ1) is 24.5. The number of hydroxylamine groups is 2. The van der Waals surface area contributed by atoms with Gasteiger partial charge >= 0.3 is 0 Å². The number of carbonyl (C=O) groups excluding carboxylic acids is 3. The number of ether oxygens (including phenoxy) is 1. The molecule has 2 N–H and O–H groups in total.